The number of pyridine rings is 1. The Hall–Kier alpha value is -3.26. The summed E-state index contributed by atoms with van der Waals surface area (Å²) in [7, 11) is 0. The second kappa shape index (κ2) is 11.9. The Bertz CT molecular complexity index is 1230. The van der Waals surface area contributed by atoms with Crippen molar-refractivity contribution in [2.75, 3.05) is 18.5 Å². The molecule has 0 radical (unpaired) electrons. The van der Waals surface area contributed by atoms with Crippen molar-refractivity contribution in [1.29, 1.82) is 0 Å². The number of carbonyl (C=O) groups is 2. The van der Waals surface area contributed by atoms with Crippen LogP contribution in [-0.2, 0) is 26.2 Å². The number of hydrogen-bond acceptors (Lipinski definition) is 5. The number of amides is 1. The molecular formula is C29H32ClN3O4. The van der Waals surface area contributed by atoms with Crippen LogP contribution in [-0.4, -0.2) is 47.3 Å². The predicted molar refractivity (Wildman–Crippen MR) is 145 cm³/mol. The zero-order valence-electron chi connectivity index (χ0n) is 21.0. The molecule has 4 rings (SSSR count). The van der Waals surface area contributed by atoms with Crippen molar-refractivity contribution in [3.8, 4) is 11.1 Å². The lowest BCUT2D eigenvalue weighted by Gasteiger charge is -2.24. The molecule has 1 saturated heterocycles. The number of anilines is 1. The molecule has 37 heavy (non-hydrogen) atoms. The number of carbonyl (C=O) groups excluding carboxylic acids is 1. The van der Waals surface area contributed by atoms with Crippen LogP contribution in [0.1, 0.15) is 37.8 Å². The highest BCUT2D eigenvalue weighted by Gasteiger charge is 2.31. The molecule has 2 aromatic carbocycles. The molecular weight excluding hydrogens is 490 g/mol. The summed E-state index contributed by atoms with van der Waals surface area (Å²) in [5.41, 5.74) is 2.62. The van der Waals surface area contributed by atoms with Gasteiger partial charge in [0, 0.05) is 36.3 Å². The van der Waals surface area contributed by atoms with Crippen LogP contribution in [0.5, 0.6) is 0 Å². The van der Waals surface area contributed by atoms with E-state index < -0.39 is 17.4 Å². The number of hydrogen-bond donors (Lipinski definition) is 3. The zero-order chi connectivity index (χ0) is 26.4. The third kappa shape index (κ3) is 6.95. The number of benzene rings is 2. The van der Waals surface area contributed by atoms with E-state index in [4.69, 9.17) is 16.3 Å². The minimum atomic E-state index is -1.15. The third-order valence-electron chi connectivity index (χ3n) is 6.76. The van der Waals surface area contributed by atoms with Crippen LogP contribution in [0, 0.1) is 0 Å². The molecule has 0 aliphatic carbocycles. The molecule has 0 bridgehead atoms. The quantitative estimate of drug-likeness (QED) is 0.344. The molecule has 3 aromatic rings. The topological polar surface area (TPSA) is 101 Å². The largest absolute Gasteiger partial charge is 0.481 e. The van der Waals surface area contributed by atoms with Crippen LogP contribution in [0.4, 0.5) is 5.69 Å². The second-order valence-corrected chi connectivity index (χ2v) is 10.3. The highest BCUT2D eigenvalue weighted by Crippen LogP contribution is 2.32. The maximum absolute atomic E-state index is 13.6. The highest BCUT2D eigenvalue weighted by atomic mass is 35.5. The molecule has 8 heteroatoms. The van der Waals surface area contributed by atoms with Crippen LogP contribution in [0.3, 0.4) is 0 Å². The van der Waals surface area contributed by atoms with Gasteiger partial charge >= 0.3 is 5.97 Å². The van der Waals surface area contributed by atoms with Crippen LogP contribution in [0.25, 0.3) is 11.1 Å². The first-order valence-corrected chi connectivity index (χ1v) is 12.8. The van der Waals surface area contributed by atoms with E-state index in [9.17, 15) is 14.7 Å². The molecule has 1 aliphatic rings. The predicted octanol–water partition coefficient (Wildman–Crippen LogP) is 5.08. The minimum Gasteiger partial charge on any atom is -0.481 e. The molecule has 2 atom stereocenters. The fourth-order valence-corrected chi connectivity index (χ4v) is 4.44. The van der Waals surface area contributed by atoms with E-state index in [1.54, 1.807) is 32.3 Å². The van der Waals surface area contributed by atoms with E-state index in [0.717, 1.165) is 36.1 Å². The summed E-state index contributed by atoms with van der Waals surface area (Å²) in [4.78, 5) is 29.7. The number of aromatic nitrogens is 1. The summed E-state index contributed by atoms with van der Waals surface area (Å²) >= 11 is 6.05. The van der Waals surface area contributed by atoms with Gasteiger partial charge in [0.25, 0.3) is 0 Å². The van der Waals surface area contributed by atoms with Gasteiger partial charge in [-0.3, -0.25) is 14.6 Å². The van der Waals surface area contributed by atoms with Crippen molar-refractivity contribution >= 4 is 29.2 Å². The lowest BCUT2D eigenvalue weighted by atomic mass is 9.83. The molecule has 2 heterocycles. The van der Waals surface area contributed by atoms with E-state index in [2.05, 4.69) is 15.6 Å². The van der Waals surface area contributed by atoms with Gasteiger partial charge in [-0.05, 0) is 97.8 Å². The van der Waals surface area contributed by atoms with Crippen molar-refractivity contribution < 1.29 is 19.4 Å². The fourth-order valence-electron chi connectivity index (χ4n) is 4.32. The number of nitrogens with one attached hydrogen (secondary N) is 2. The third-order valence-corrected chi connectivity index (χ3v) is 7.01. The van der Waals surface area contributed by atoms with E-state index in [1.165, 1.54) is 0 Å². The van der Waals surface area contributed by atoms with Crippen LogP contribution >= 0.6 is 11.6 Å². The number of aliphatic carboxylic acids is 1. The van der Waals surface area contributed by atoms with Gasteiger partial charge in [0.15, 0.2) is 0 Å². The van der Waals surface area contributed by atoms with Gasteiger partial charge in [-0.15, -0.1) is 0 Å². The van der Waals surface area contributed by atoms with Crippen molar-refractivity contribution in [3.63, 3.8) is 0 Å². The number of carboxylic acid groups (broad SMARTS) is 1. The van der Waals surface area contributed by atoms with Crippen molar-refractivity contribution in [2.24, 2.45) is 0 Å². The Kier molecular flexibility index (Phi) is 8.59. The van der Waals surface area contributed by atoms with Gasteiger partial charge in [0.1, 0.15) is 0 Å². The molecule has 194 valence electrons. The van der Waals surface area contributed by atoms with Crippen LogP contribution < -0.4 is 10.6 Å². The van der Waals surface area contributed by atoms with Gasteiger partial charge in [-0.2, -0.15) is 0 Å². The number of rotatable bonds is 10. The first kappa shape index (κ1) is 26.8. The molecule has 1 aromatic heterocycles. The Morgan fingerprint density at radius 2 is 1.84 bits per heavy atom. The Morgan fingerprint density at radius 1 is 1.11 bits per heavy atom. The monoisotopic (exact) mass is 521 g/mol. The summed E-state index contributed by atoms with van der Waals surface area (Å²) in [6, 6.07) is 16.1. The smallest absolute Gasteiger partial charge is 0.313 e. The van der Waals surface area contributed by atoms with E-state index in [-0.39, 0.29) is 12.0 Å². The van der Waals surface area contributed by atoms with Crippen molar-refractivity contribution in [1.82, 2.24) is 10.3 Å². The Balaban J connectivity index is 1.62. The number of nitrogens with zero attached hydrogens (tertiary/aromatic N) is 1. The van der Waals surface area contributed by atoms with E-state index in [1.807, 2.05) is 48.5 Å². The molecule has 1 amide bonds. The standard InChI is InChI=1S/C29H32ClN3O4/c1-29(2,28(35)36)22-15-21(20-9-11-31-12-10-20)16-24(17-22)33-27(34)26(32-18-25-4-3-13-37-25)14-19-5-7-23(30)8-6-19/h5-12,15-17,25-26,32H,3-4,13-14,18H2,1-2H3,(H,33,34)(H,35,36)/t25-,26-/m0/s1. The summed E-state index contributed by atoms with van der Waals surface area (Å²) in [5, 5.41) is 16.9. The lowest BCUT2D eigenvalue weighted by molar-refractivity contribution is -0.142. The first-order valence-electron chi connectivity index (χ1n) is 12.4. The maximum Gasteiger partial charge on any atom is 0.313 e. The van der Waals surface area contributed by atoms with Gasteiger partial charge in [0.2, 0.25) is 5.91 Å². The first-order chi connectivity index (χ1) is 17.7. The Labute approximate surface area is 222 Å². The van der Waals surface area contributed by atoms with Gasteiger partial charge < -0.3 is 20.5 Å². The van der Waals surface area contributed by atoms with Crippen molar-refractivity contribution in [3.05, 3.63) is 83.1 Å². The number of halogens is 1. The van der Waals surface area contributed by atoms with E-state index >= 15 is 0 Å². The van der Waals surface area contributed by atoms with Crippen LogP contribution in [0.15, 0.2) is 67.0 Å². The van der Waals surface area contributed by atoms with Crippen molar-refractivity contribution in [2.45, 2.75) is 50.7 Å². The van der Waals surface area contributed by atoms with Crippen LogP contribution in [0.2, 0.25) is 5.02 Å². The zero-order valence-corrected chi connectivity index (χ0v) is 21.8. The normalized spacial score (nSPS) is 16.4. The molecule has 7 nitrogen and oxygen atoms in total. The van der Waals surface area contributed by atoms with Gasteiger partial charge in [0.05, 0.1) is 17.6 Å². The molecule has 1 fully saturated rings. The summed E-state index contributed by atoms with van der Waals surface area (Å²) in [6.07, 6.45) is 5.89. The Morgan fingerprint density at radius 3 is 2.49 bits per heavy atom. The maximum atomic E-state index is 13.6. The second-order valence-electron chi connectivity index (χ2n) is 9.88. The highest BCUT2D eigenvalue weighted by molar-refractivity contribution is 6.30. The lowest BCUT2D eigenvalue weighted by Crippen LogP contribution is -2.45. The minimum absolute atomic E-state index is 0.0819. The van der Waals surface area contributed by atoms with Gasteiger partial charge in [-0.25, -0.2) is 0 Å². The summed E-state index contributed by atoms with van der Waals surface area (Å²) in [5.74, 6) is -1.16. The SMILES string of the molecule is CC(C)(C(=O)O)c1cc(NC(=O)[C@H](Cc2ccc(Cl)cc2)NC[C@@H]2CCCO2)cc(-c2ccncc2)c1. The molecule has 0 spiro atoms. The molecule has 0 saturated carbocycles. The fraction of sp³-hybridized carbons (Fsp3) is 0.345. The van der Waals surface area contributed by atoms with Gasteiger partial charge in [-0.1, -0.05) is 23.7 Å². The molecule has 3 N–H and O–H groups in total. The number of ether oxygens (including phenoxy) is 1. The molecule has 1 aliphatic heterocycles. The summed E-state index contributed by atoms with van der Waals surface area (Å²) < 4.78 is 5.74. The van der Waals surface area contributed by atoms with E-state index in [0.29, 0.717) is 29.2 Å². The average Bonchev–Trinajstić information content (AvgIpc) is 3.41. The number of carboxylic acids is 1. The average molecular weight is 522 g/mol. The summed E-state index contributed by atoms with van der Waals surface area (Å²) in [6.45, 7) is 4.61. The molecule has 0 unspecified atom stereocenters.